The molecule has 0 heterocycles. The molecule has 2 aromatic carbocycles. The van der Waals surface area contributed by atoms with E-state index in [2.05, 4.69) is 32.9 Å². The van der Waals surface area contributed by atoms with Gasteiger partial charge in [-0.05, 0) is 61.7 Å². The van der Waals surface area contributed by atoms with Gasteiger partial charge in [-0.15, -0.1) is 0 Å². The van der Waals surface area contributed by atoms with Crippen LogP contribution in [0.15, 0.2) is 36.4 Å². The first-order chi connectivity index (χ1) is 9.06. The summed E-state index contributed by atoms with van der Waals surface area (Å²) in [5, 5.41) is 0. The minimum Gasteiger partial charge on any atom is -0.493 e. The van der Waals surface area contributed by atoms with E-state index in [1.54, 1.807) is 0 Å². The molecule has 0 spiro atoms. The highest BCUT2D eigenvalue weighted by molar-refractivity contribution is 5.41. The zero-order chi connectivity index (χ0) is 13.8. The smallest absolute Gasteiger partial charge is 0.119 e. The molecule has 0 aliphatic heterocycles. The second kappa shape index (κ2) is 5.79. The van der Waals surface area contributed by atoms with Gasteiger partial charge in [0, 0.05) is 12.1 Å². The van der Waals surface area contributed by atoms with Gasteiger partial charge in [0.1, 0.15) is 5.75 Å². The molecule has 0 aliphatic rings. The van der Waals surface area contributed by atoms with Gasteiger partial charge < -0.3 is 10.5 Å². The molecule has 0 saturated heterocycles. The van der Waals surface area contributed by atoms with E-state index >= 15 is 0 Å². The summed E-state index contributed by atoms with van der Waals surface area (Å²) in [4.78, 5) is 0. The lowest BCUT2D eigenvalue weighted by Crippen LogP contribution is -2.05. The van der Waals surface area contributed by atoms with Crippen LogP contribution in [0.1, 0.15) is 22.3 Å². The van der Waals surface area contributed by atoms with E-state index in [4.69, 9.17) is 10.5 Å². The zero-order valence-electron chi connectivity index (χ0n) is 11.9. The van der Waals surface area contributed by atoms with Crippen LogP contribution in [0.3, 0.4) is 0 Å². The third-order valence-corrected chi connectivity index (χ3v) is 3.34. The van der Waals surface area contributed by atoms with Crippen molar-refractivity contribution in [1.82, 2.24) is 0 Å². The highest BCUT2D eigenvalue weighted by Crippen LogP contribution is 2.18. The highest BCUT2D eigenvalue weighted by atomic mass is 16.5. The molecule has 2 rings (SSSR count). The Morgan fingerprint density at radius 2 is 1.53 bits per heavy atom. The lowest BCUT2D eigenvalue weighted by molar-refractivity contribution is 0.321. The van der Waals surface area contributed by atoms with Gasteiger partial charge in [0.05, 0.1) is 6.61 Å². The average Bonchev–Trinajstić information content (AvgIpc) is 2.34. The molecule has 2 aromatic rings. The molecule has 2 N–H and O–H groups in total. The van der Waals surface area contributed by atoms with Crippen LogP contribution in [-0.4, -0.2) is 6.61 Å². The Hall–Kier alpha value is -1.96. The minimum absolute atomic E-state index is 0.689. The predicted molar refractivity (Wildman–Crippen MR) is 80.7 cm³/mol. The summed E-state index contributed by atoms with van der Waals surface area (Å²) in [5.41, 5.74) is 11.8. The number of nitrogens with two attached hydrogens (primary N) is 1. The Bertz CT molecular complexity index is 535. The van der Waals surface area contributed by atoms with Gasteiger partial charge in [0.2, 0.25) is 0 Å². The third-order valence-electron chi connectivity index (χ3n) is 3.34. The summed E-state index contributed by atoms with van der Waals surface area (Å²) >= 11 is 0. The number of anilines is 1. The molecular weight excluding hydrogens is 234 g/mol. The van der Waals surface area contributed by atoms with Gasteiger partial charge in [0.15, 0.2) is 0 Å². The van der Waals surface area contributed by atoms with Crippen LogP contribution in [0.4, 0.5) is 5.69 Å². The first kappa shape index (κ1) is 13.5. The average molecular weight is 255 g/mol. The molecule has 0 radical (unpaired) electrons. The van der Waals surface area contributed by atoms with E-state index < -0.39 is 0 Å². The van der Waals surface area contributed by atoms with Crippen LogP contribution in [0, 0.1) is 20.8 Å². The molecule has 0 aliphatic carbocycles. The van der Waals surface area contributed by atoms with Crippen molar-refractivity contribution in [2.75, 3.05) is 12.3 Å². The van der Waals surface area contributed by atoms with Gasteiger partial charge >= 0.3 is 0 Å². The highest BCUT2D eigenvalue weighted by Gasteiger charge is 2.04. The van der Waals surface area contributed by atoms with Gasteiger partial charge in [-0.3, -0.25) is 0 Å². The maximum Gasteiger partial charge on any atom is 0.119 e. The summed E-state index contributed by atoms with van der Waals surface area (Å²) < 4.78 is 5.75. The summed E-state index contributed by atoms with van der Waals surface area (Å²) in [5.74, 6) is 0.872. The Labute approximate surface area is 115 Å². The van der Waals surface area contributed by atoms with Gasteiger partial charge in [0.25, 0.3) is 0 Å². The summed E-state index contributed by atoms with van der Waals surface area (Å²) in [6.07, 6.45) is 0.933. The Kier molecular flexibility index (Phi) is 4.10. The molecular formula is C17H21NO. The molecule has 0 saturated carbocycles. The van der Waals surface area contributed by atoms with E-state index in [9.17, 15) is 0 Å². The van der Waals surface area contributed by atoms with Crippen molar-refractivity contribution in [1.29, 1.82) is 0 Å². The molecule has 0 fully saturated rings. The van der Waals surface area contributed by atoms with Crippen LogP contribution in [0.2, 0.25) is 0 Å². The van der Waals surface area contributed by atoms with Crippen molar-refractivity contribution in [2.24, 2.45) is 0 Å². The normalized spacial score (nSPS) is 10.5. The number of rotatable bonds is 4. The van der Waals surface area contributed by atoms with Crippen LogP contribution in [-0.2, 0) is 6.42 Å². The van der Waals surface area contributed by atoms with Crippen LogP contribution in [0.25, 0.3) is 0 Å². The number of benzene rings is 2. The van der Waals surface area contributed by atoms with E-state index in [-0.39, 0.29) is 0 Å². The largest absolute Gasteiger partial charge is 0.493 e. The van der Waals surface area contributed by atoms with E-state index in [1.165, 1.54) is 22.3 Å². The third kappa shape index (κ3) is 3.50. The fourth-order valence-electron chi connectivity index (χ4n) is 2.44. The molecule has 2 heteroatoms. The molecule has 2 nitrogen and oxygen atoms in total. The number of hydrogen-bond acceptors (Lipinski definition) is 2. The Morgan fingerprint density at radius 1 is 0.947 bits per heavy atom. The van der Waals surface area contributed by atoms with Crippen molar-refractivity contribution >= 4 is 5.69 Å². The maximum atomic E-state index is 5.75. The van der Waals surface area contributed by atoms with E-state index in [0.29, 0.717) is 6.61 Å². The molecule has 0 bridgehead atoms. The van der Waals surface area contributed by atoms with E-state index in [1.807, 2.05) is 24.3 Å². The predicted octanol–water partition coefficient (Wildman–Crippen LogP) is 3.82. The molecule has 0 aromatic heterocycles. The first-order valence-electron chi connectivity index (χ1n) is 6.61. The fourth-order valence-corrected chi connectivity index (χ4v) is 2.44. The summed E-state index contributed by atoms with van der Waals surface area (Å²) in [6.45, 7) is 7.15. The standard InChI is InChI=1S/C17H21NO/c1-12-10-13(2)17(14(3)11-12)8-9-19-16-6-4-15(18)5-7-16/h4-7,10-11H,8-9,18H2,1-3H3. The van der Waals surface area contributed by atoms with Crippen molar-refractivity contribution in [3.05, 3.63) is 58.7 Å². The lowest BCUT2D eigenvalue weighted by atomic mass is 9.98. The molecule has 0 amide bonds. The number of ether oxygens (including phenoxy) is 1. The Balaban J connectivity index is 1.98. The lowest BCUT2D eigenvalue weighted by Gasteiger charge is -2.12. The van der Waals surface area contributed by atoms with Crippen molar-refractivity contribution in [2.45, 2.75) is 27.2 Å². The number of hydrogen-bond donors (Lipinski definition) is 1. The van der Waals surface area contributed by atoms with Crippen LogP contribution < -0.4 is 10.5 Å². The van der Waals surface area contributed by atoms with Gasteiger partial charge in [-0.25, -0.2) is 0 Å². The molecule has 100 valence electrons. The van der Waals surface area contributed by atoms with E-state index in [0.717, 1.165) is 17.9 Å². The van der Waals surface area contributed by atoms with Crippen LogP contribution >= 0.6 is 0 Å². The number of aryl methyl sites for hydroxylation is 3. The SMILES string of the molecule is Cc1cc(C)c(CCOc2ccc(N)cc2)c(C)c1. The monoisotopic (exact) mass is 255 g/mol. The quantitative estimate of drug-likeness (QED) is 0.843. The second-order valence-corrected chi connectivity index (χ2v) is 5.04. The summed E-state index contributed by atoms with van der Waals surface area (Å²) in [7, 11) is 0. The topological polar surface area (TPSA) is 35.2 Å². The van der Waals surface area contributed by atoms with Crippen molar-refractivity contribution < 1.29 is 4.74 Å². The molecule has 0 atom stereocenters. The Morgan fingerprint density at radius 3 is 2.11 bits per heavy atom. The van der Waals surface area contributed by atoms with Gasteiger partial charge in [-0.2, -0.15) is 0 Å². The summed E-state index contributed by atoms with van der Waals surface area (Å²) in [6, 6.07) is 12.0. The van der Waals surface area contributed by atoms with Crippen molar-refractivity contribution in [3.63, 3.8) is 0 Å². The zero-order valence-corrected chi connectivity index (χ0v) is 11.9. The molecule has 0 unspecified atom stereocenters. The fraction of sp³-hybridized carbons (Fsp3) is 0.294. The first-order valence-corrected chi connectivity index (χ1v) is 6.61. The van der Waals surface area contributed by atoms with Crippen molar-refractivity contribution in [3.8, 4) is 5.75 Å². The maximum absolute atomic E-state index is 5.75. The molecule has 19 heavy (non-hydrogen) atoms. The second-order valence-electron chi connectivity index (χ2n) is 5.04. The minimum atomic E-state index is 0.689. The van der Waals surface area contributed by atoms with Crippen LogP contribution in [0.5, 0.6) is 5.75 Å². The van der Waals surface area contributed by atoms with Gasteiger partial charge in [-0.1, -0.05) is 17.7 Å². The number of nitrogen functional groups attached to an aromatic ring is 1.